The Morgan fingerprint density at radius 1 is 1.03 bits per heavy atom. The fourth-order valence-electron chi connectivity index (χ4n) is 4.24. The first-order valence-electron chi connectivity index (χ1n) is 12.2. The number of methoxy groups -OCH3 is 2. The molecular weight excluding hydrogens is 460 g/mol. The molecule has 2 aromatic carbocycles. The Kier molecular flexibility index (Phi) is 9.36. The van der Waals surface area contributed by atoms with Gasteiger partial charge in [-0.3, -0.25) is 9.59 Å². The van der Waals surface area contributed by atoms with E-state index in [9.17, 15) is 14.7 Å². The number of aliphatic hydroxyl groups excluding tert-OH is 1. The molecule has 1 N–H and O–H groups in total. The smallest absolute Gasteiger partial charge is 0.295 e. The van der Waals surface area contributed by atoms with Gasteiger partial charge in [0.25, 0.3) is 11.7 Å². The highest BCUT2D eigenvalue weighted by Crippen LogP contribution is 2.42. The number of nitrogens with zero attached hydrogens (tertiary/aromatic N) is 2. The zero-order valence-electron chi connectivity index (χ0n) is 21.7. The molecule has 1 fully saturated rings. The highest BCUT2D eigenvalue weighted by molar-refractivity contribution is 6.46. The summed E-state index contributed by atoms with van der Waals surface area (Å²) in [7, 11) is 6.99. The van der Waals surface area contributed by atoms with Gasteiger partial charge < -0.3 is 29.1 Å². The molecule has 1 unspecified atom stereocenters. The quantitative estimate of drug-likeness (QED) is 0.203. The molecule has 1 amide bonds. The Labute approximate surface area is 213 Å². The molecule has 0 radical (unpaired) electrons. The number of amides is 1. The third kappa shape index (κ3) is 5.99. The lowest BCUT2D eigenvalue weighted by molar-refractivity contribution is -0.139. The van der Waals surface area contributed by atoms with Crippen LogP contribution >= 0.6 is 0 Å². The first-order valence-corrected chi connectivity index (χ1v) is 12.2. The summed E-state index contributed by atoms with van der Waals surface area (Å²) in [5, 5.41) is 11.3. The summed E-state index contributed by atoms with van der Waals surface area (Å²) in [6.07, 6.45) is 2.59. The number of carbonyl (C=O) groups excluding carboxylic acids is 2. The van der Waals surface area contributed by atoms with Crippen molar-refractivity contribution in [3.8, 4) is 17.2 Å². The van der Waals surface area contributed by atoms with Gasteiger partial charge in [0.2, 0.25) is 0 Å². The van der Waals surface area contributed by atoms with Crippen LogP contribution in [0.15, 0.2) is 48.0 Å². The highest BCUT2D eigenvalue weighted by Gasteiger charge is 2.46. The van der Waals surface area contributed by atoms with Crippen LogP contribution in [-0.2, 0) is 9.59 Å². The van der Waals surface area contributed by atoms with Crippen molar-refractivity contribution >= 4 is 17.4 Å². The zero-order valence-corrected chi connectivity index (χ0v) is 21.7. The van der Waals surface area contributed by atoms with E-state index in [0.717, 1.165) is 19.4 Å². The van der Waals surface area contributed by atoms with Crippen LogP contribution in [0.2, 0.25) is 0 Å². The first kappa shape index (κ1) is 27.1. The van der Waals surface area contributed by atoms with Gasteiger partial charge >= 0.3 is 0 Å². The maximum atomic E-state index is 13.3. The second-order valence-corrected chi connectivity index (χ2v) is 8.99. The van der Waals surface area contributed by atoms with Gasteiger partial charge in [-0.05, 0) is 63.3 Å². The van der Waals surface area contributed by atoms with Crippen LogP contribution in [0.5, 0.6) is 17.2 Å². The Morgan fingerprint density at radius 2 is 1.81 bits per heavy atom. The molecule has 36 heavy (non-hydrogen) atoms. The summed E-state index contributed by atoms with van der Waals surface area (Å²) >= 11 is 0. The molecule has 1 atom stereocenters. The maximum absolute atomic E-state index is 13.3. The van der Waals surface area contributed by atoms with Crippen LogP contribution in [0.25, 0.3) is 5.76 Å². The van der Waals surface area contributed by atoms with E-state index >= 15 is 0 Å². The lowest BCUT2D eigenvalue weighted by Gasteiger charge is -2.26. The van der Waals surface area contributed by atoms with Crippen molar-refractivity contribution in [3.05, 3.63) is 59.2 Å². The number of benzene rings is 2. The van der Waals surface area contributed by atoms with Crippen molar-refractivity contribution in [1.82, 2.24) is 9.80 Å². The van der Waals surface area contributed by atoms with Crippen molar-refractivity contribution in [1.29, 1.82) is 0 Å². The molecule has 1 aliphatic rings. The van der Waals surface area contributed by atoms with Crippen LogP contribution < -0.4 is 14.2 Å². The first-order chi connectivity index (χ1) is 17.3. The van der Waals surface area contributed by atoms with Crippen molar-refractivity contribution in [2.75, 3.05) is 48.0 Å². The average Bonchev–Trinajstić information content (AvgIpc) is 3.13. The summed E-state index contributed by atoms with van der Waals surface area (Å²) < 4.78 is 16.7. The zero-order chi connectivity index (χ0) is 26.2. The Hall–Kier alpha value is -3.52. The topological polar surface area (TPSA) is 88.5 Å². The average molecular weight is 497 g/mol. The Balaban J connectivity index is 2.10. The van der Waals surface area contributed by atoms with Crippen molar-refractivity contribution < 1.29 is 28.9 Å². The van der Waals surface area contributed by atoms with E-state index in [4.69, 9.17) is 14.2 Å². The fraction of sp³-hybridized carbons (Fsp3) is 0.429. The van der Waals surface area contributed by atoms with Gasteiger partial charge in [0, 0.05) is 12.1 Å². The van der Waals surface area contributed by atoms with Gasteiger partial charge in [-0.2, -0.15) is 0 Å². The predicted molar refractivity (Wildman–Crippen MR) is 139 cm³/mol. The van der Waals surface area contributed by atoms with Crippen LogP contribution in [-0.4, -0.2) is 74.6 Å². The number of rotatable bonds is 12. The van der Waals surface area contributed by atoms with E-state index < -0.39 is 17.7 Å². The third-order valence-electron chi connectivity index (χ3n) is 6.15. The molecule has 1 saturated heterocycles. The van der Waals surface area contributed by atoms with Crippen LogP contribution in [0.4, 0.5) is 0 Å². The van der Waals surface area contributed by atoms with Crippen molar-refractivity contribution in [3.63, 3.8) is 0 Å². The molecule has 0 aromatic heterocycles. The van der Waals surface area contributed by atoms with Crippen LogP contribution in [0.1, 0.15) is 43.4 Å². The van der Waals surface area contributed by atoms with E-state index in [0.29, 0.717) is 47.9 Å². The number of hydrogen-bond donors (Lipinski definition) is 1. The molecule has 194 valence electrons. The summed E-state index contributed by atoms with van der Waals surface area (Å²) in [5.74, 6) is 0.0365. The van der Waals surface area contributed by atoms with Crippen LogP contribution in [0.3, 0.4) is 0 Å². The number of carbonyl (C=O) groups is 2. The molecule has 0 bridgehead atoms. The minimum atomic E-state index is -0.767. The van der Waals surface area contributed by atoms with Gasteiger partial charge in [-0.15, -0.1) is 0 Å². The van der Waals surface area contributed by atoms with Crippen LogP contribution in [0, 0.1) is 0 Å². The molecule has 8 heteroatoms. The normalized spacial score (nSPS) is 17.1. The number of ether oxygens (including phenoxy) is 3. The summed E-state index contributed by atoms with van der Waals surface area (Å²) in [6.45, 7) is 3.76. The summed E-state index contributed by atoms with van der Waals surface area (Å²) in [6, 6.07) is 11.4. The summed E-state index contributed by atoms with van der Waals surface area (Å²) in [4.78, 5) is 30.0. The predicted octanol–water partition coefficient (Wildman–Crippen LogP) is 4.26. The van der Waals surface area contributed by atoms with Crippen molar-refractivity contribution in [2.24, 2.45) is 0 Å². The molecule has 2 aromatic rings. The largest absolute Gasteiger partial charge is 0.507 e. The van der Waals surface area contributed by atoms with E-state index in [-0.39, 0.29) is 11.3 Å². The standard InChI is InChI=1S/C28H36N2O6/c1-6-7-16-36-22-13-12-19(18-23(22)35-5)25-24(26(31)20-10-8-11-21(17-20)34-4)27(32)28(33)30(25)15-9-14-29(2)3/h8,10-13,17-18,25,31H,6-7,9,14-16H2,1-5H3/b26-24+. The van der Waals surface area contributed by atoms with E-state index in [1.807, 2.05) is 25.1 Å². The second-order valence-electron chi connectivity index (χ2n) is 8.99. The molecule has 8 nitrogen and oxygen atoms in total. The minimum Gasteiger partial charge on any atom is -0.507 e. The lowest BCUT2D eigenvalue weighted by atomic mass is 9.95. The molecule has 0 spiro atoms. The number of hydrogen-bond acceptors (Lipinski definition) is 7. The van der Waals surface area contributed by atoms with Gasteiger partial charge in [0.15, 0.2) is 11.5 Å². The van der Waals surface area contributed by atoms with Gasteiger partial charge in [-0.1, -0.05) is 31.5 Å². The molecule has 1 aliphatic heterocycles. The van der Waals surface area contributed by atoms with E-state index in [1.165, 1.54) is 12.0 Å². The number of ketones is 1. The number of likely N-dealkylation sites (tertiary alicyclic amines) is 1. The lowest BCUT2D eigenvalue weighted by Crippen LogP contribution is -2.32. The third-order valence-corrected chi connectivity index (χ3v) is 6.15. The second kappa shape index (κ2) is 12.4. The molecule has 3 rings (SSSR count). The fourth-order valence-corrected chi connectivity index (χ4v) is 4.24. The number of Topliss-reactive ketones (excluding diaryl/α,β-unsaturated/α-hetero) is 1. The van der Waals surface area contributed by atoms with E-state index in [1.54, 1.807) is 43.5 Å². The van der Waals surface area contributed by atoms with Gasteiger partial charge in [0.1, 0.15) is 11.5 Å². The van der Waals surface area contributed by atoms with Gasteiger partial charge in [0.05, 0.1) is 32.4 Å². The molecule has 0 aliphatic carbocycles. The Morgan fingerprint density at radius 3 is 2.47 bits per heavy atom. The maximum Gasteiger partial charge on any atom is 0.295 e. The van der Waals surface area contributed by atoms with Crippen molar-refractivity contribution in [2.45, 2.75) is 32.2 Å². The summed E-state index contributed by atoms with van der Waals surface area (Å²) in [5.41, 5.74) is 1.10. The monoisotopic (exact) mass is 496 g/mol. The number of unbranched alkanes of at least 4 members (excludes halogenated alkanes) is 1. The minimum absolute atomic E-state index is 0.0415. The van der Waals surface area contributed by atoms with E-state index in [2.05, 4.69) is 6.92 Å². The highest BCUT2D eigenvalue weighted by atomic mass is 16.5. The number of aliphatic hydroxyl groups is 1. The molecular formula is C28H36N2O6. The molecule has 1 heterocycles. The van der Waals surface area contributed by atoms with Gasteiger partial charge in [-0.25, -0.2) is 0 Å². The molecule has 0 saturated carbocycles. The Bertz CT molecular complexity index is 1110. The SMILES string of the molecule is CCCCOc1ccc(C2/C(=C(\O)c3cccc(OC)c3)C(=O)C(=O)N2CCCN(C)C)cc1OC.